The number of methoxy groups -OCH3 is 2. The zero-order valence-corrected chi connectivity index (χ0v) is 8.73. The summed E-state index contributed by atoms with van der Waals surface area (Å²) in [7, 11) is 4.51. The van der Waals surface area contributed by atoms with E-state index in [1.54, 1.807) is 7.05 Å². The molecule has 0 bridgehead atoms. The summed E-state index contributed by atoms with van der Waals surface area (Å²) in [5.74, 6) is 0.788. The van der Waals surface area contributed by atoms with Gasteiger partial charge in [-0.05, 0) is 0 Å². The van der Waals surface area contributed by atoms with Gasteiger partial charge in [0.25, 0.3) is 5.69 Å². The number of nitrogens with one attached hydrogen (secondary N) is 1. The van der Waals surface area contributed by atoms with Crippen molar-refractivity contribution in [3.8, 4) is 11.5 Å². The van der Waals surface area contributed by atoms with Gasteiger partial charge in [-0.3, -0.25) is 10.1 Å². The molecule has 6 heteroatoms. The van der Waals surface area contributed by atoms with Crippen LogP contribution in [0.1, 0.15) is 0 Å². The van der Waals surface area contributed by atoms with Crippen molar-refractivity contribution in [1.82, 2.24) is 0 Å². The van der Waals surface area contributed by atoms with Crippen molar-refractivity contribution in [2.45, 2.75) is 0 Å². The van der Waals surface area contributed by atoms with Gasteiger partial charge in [-0.1, -0.05) is 0 Å². The first-order chi connectivity index (χ1) is 7.13. The molecule has 6 nitrogen and oxygen atoms in total. The molecule has 0 aliphatic rings. The Balaban J connectivity index is 3.34. The lowest BCUT2D eigenvalue weighted by atomic mass is 10.2. The van der Waals surface area contributed by atoms with Crippen LogP contribution >= 0.6 is 0 Å². The number of hydrogen-bond donors (Lipinski definition) is 1. The largest absolute Gasteiger partial charge is 0.493 e. The summed E-state index contributed by atoms with van der Waals surface area (Å²) in [4.78, 5) is 10.2. The second-order valence-electron chi connectivity index (χ2n) is 2.73. The number of nitro groups is 1. The Labute approximate surface area is 87.0 Å². The molecule has 0 aliphatic carbocycles. The fourth-order valence-corrected chi connectivity index (χ4v) is 1.22. The maximum Gasteiger partial charge on any atom is 0.296 e. The van der Waals surface area contributed by atoms with Gasteiger partial charge in [-0.25, -0.2) is 0 Å². The minimum absolute atomic E-state index is 0.0462. The maximum absolute atomic E-state index is 10.7. The van der Waals surface area contributed by atoms with Crippen molar-refractivity contribution < 1.29 is 14.4 Å². The second-order valence-corrected chi connectivity index (χ2v) is 2.73. The number of ether oxygens (including phenoxy) is 2. The van der Waals surface area contributed by atoms with Gasteiger partial charge in [0, 0.05) is 13.1 Å². The highest BCUT2D eigenvalue weighted by atomic mass is 16.6. The molecule has 0 atom stereocenters. The molecule has 1 aromatic carbocycles. The van der Waals surface area contributed by atoms with Crippen LogP contribution in [0.25, 0.3) is 0 Å². The molecule has 0 radical (unpaired) electrons. The minimum atomic E-state index is -0.478. The zero-order valence-electron chi connectivity index (χ0n) is 8.73. The predicted molar refractivity (Wildman–Crippen MR) is 55.7 cm³/mol. The molecule has 0 amide bonds. The third-order valence-corrected chi connectivity index (χ3v) is 1.97. The van der Waals surface area contributed by atoms with Crippen LogP contribution in [0.5, 0.6) is 11.5 Å². The number of anilines is 1. The Morgan fingerprint density at radius 2 is 1.80 bits per heavy atom. The molecular formula is C9H12N2O4. The van der Waals surface area contributed by atoms with Gasteiger partial charge in [0.05, 0.1) is 25.2 Å². The van der Waals surface area contributed by atoms with E-state index in [0.717, 1.165) is 0 Å². The first-order valence-corrected chi connectivity index (χ1v) is 4.22. The van der Waals surface area contributed by atoms with Crippen molar-refractivity contribution in [2.75, 3.05) is 26.6 Å². The topological polar surface area (TPSA) is 73.6 Å². The fraction of sp³-hybridized carbons (Fsp3) is 0.333. The average Bonchev–Trinajstić information content (AvgIpc) is 2.26. The van der Waals surface area contributed by atoms with Gasteiger partial charge in [0.15, 0.2) is 11.5 Å². The van der Waals surface area contributed by atoms with Crippen LogP contribution in [0.4, 0.5) is 11.4 Å². The summed E-state index contributed by atoms with van der Waals surface area (Å²) in [6, 6.07) is 2.85. The summed E-state index contributed by atoms with van der Waals surface area (Å²) in [5.41, 5.74) is 0.341. The van der Waals surface area contributed by atoms with E-state index in [2.05, 4.69) is 5.32 Å². The van der Waals surface area contributed by atoms with Crippen molar-refractivity contribution in [3.63, 3.8) is 0 Å². The molecule has 0 aliphatic heterocycles. The van der Waals surface area contributed by atoms with Crippen LogP contribution < -0.4 is 14.8 Å². The van der Waals surface area contributed by atoms with E-state index < -0.39 is 4.92 Å². The summed E-state index contributed by atoms with van der Waals surface area (Å²) in [6.07, 6.45) is 0. The molecule has 0 aromatic heterocycles. The molecule has 0 unspecified atom stereocenters. The maximum atomic E-state index is 10.7. The number of hydrogen-bond acceptors (Lipinski definition) is 5. The lowest BCUT2D eigenvalue weighted by Crippen LogP contribution is -1.99. The van der Waals surface area contributed by atoms with Crippen molar-refractivity contribution in [3.05, 3.63) is 22.2 Å². The molecule has 0 heterocycles. The van der Waals surface area contributed by atoms with Crippen LogP contribution in [0.15, 0.2) is 12.1 Å². The molecule has 1 aromatic rings. The summed E-state index contributed by atoms with van der Waals surface area (Å²) in [6.45, 7) is 0. The van der Waals surface area contributed by atoms with Crippen molar-refractivity contribution >= 4 is 11.4 Å². The molecule has 1 N–H and O–H groups in total. The molecule has 82 valence electrons. The van der Waals surface area contributed by atoms with Crippen LogP contribution in [0, 0.1) is 10.1 Å². The molecule has 0 saturated heterocycles. The highest BCUT2D eigenvalue weighted by Crippen LogP contribution is 2.37. The van der Waals surface area contributed by atoms with E-state index in [1.165, 1.54) is 26.4 Å². The van der Waals surface area contributed by atoms with Crippen LogP contribution in [-0.2, 0) is 0 Å². The Morgan fingerprint density at radius 3 is 2.20 bits per heavy atom. The first kappa shape index (κ1) is 11.1. The van der Waals surface area contributed by atoms with Gasteiger partial charge in [0.2, 0.25) is 0 Å². The fourth-order valence-electron chi connectivity index (χ4n) is 1.22. The van der Waals surface area contributed by atoms with Gasteiger partial charge < -0.3 is 14.8 Å². The summed E-state index contributed by atoms with van der Waals surface area (Å²) in [5, 5.41) is 13.4. The van der Waals surface area contributed by atoms with Gasteiger partial charge in [-0.2, -0.15) is 0 Å². The minimum Gasteiger partial charge on any atom is -0.493 e. The molecule has 15 heavy (non-hydrogen) atoms. The standard InChI is InChI=1S/C9H12N2O4/c1-10-6-4-8(14-2)9(15-3)5-7(6)11(12)13/h4-5,10H,1-3H3. The average molecular weight is 212 g/mol. The smallest absolute Gasteiger partial charge is 0.296 e. The molecule has 0 fully saturated rings. The number of nitro benzene ring substituents is 1. The second kappa shape index (κ2) is 4.50. The van der Waals surface area contributed by atoms with Crippen LogP contribution in [0.3, 0.4) is 0 Å². The molecule has 0 spiro atoms. The van der Waals surface area contributed by atoms with E-state index in [4.69, 9.17) is 9.47 Å². The molecule has 0 saturated carbocycles. The van der Waals surface area contributed by atoms with E-state index in [1.807, 2.05) is 0 Å². The first-order valence-electron chi connectivity index (χ1n) is 4.22. The van der Waals surface area contributed by atoms with Gasteiger partial charge in [0.1, 0.15) is 5.69 Å². The number of rotatable bonds is 4. The van der Waals surface area contributed by atoms with Crippen LogP contribution in [0.2, 0.25) is 0 Å². The van der Waals surface area contributed by atoms with Crippen LogP contribution in [-0.4, -0.2) is 26.2 Å². The SMILES string of the molecule is CNc1cc(OC)c(OC)cc1[N+](=O)[O-]. The van der Waals surface area contributed by atoms with Gasteiger partial charge in [-0.15, -0.1) is 0 Å². The Morgan fingerprint density at radius 1 is 1.27 bits per heavy atom. The van der Waals surface area contributed by atoms with Crippen molar-refractivity contribution in [1.29, 1.82) is 0 Å². The van der Waals surface area contributed by atoms with Gasteiger partial charge >= 0.3 is 0 Å². The summed E-state index contributed by atoms with van der Waals surface area (Å²) >= 11 is 0. The number of benzene rings is 1. The lowest BCUT2D eigenvalue weighted by molar-refractivity contribution is -0.384. The number of nitrogens with zero attached hydrogens (tertiary/aromatic N) is 1. The quantitative estimate of drug-likeness (QED) is 0.606. The highest BCUT2D eigenvalue weighted by molar-refractivity contribution is 5.68. The normalized spacial score (nSPS) is 9.53. The highest BCUT2D eigenvalue weighted by Gasteiger charge is 2.18. The molecular weight excluding hydrogens is 200 g/mol. The summed E-state index contributed by atoms with van der Waals surface area (Å²) < 4.78 is 10.00. The van der Waals surface area contributed by atoms with E-state index in [9.17, 15) is 10.1 Å². The Kier molecular flexibility index (Phi) is 3.33. The molecule has 1 rings (SSSR count). The van der Waals surface area contributed by atoms with E-state index in [-0.39, 0.29) is 5.69 Å². The predicted octanol–water partition coefficient (Wildman–Crippen LogP) is 1.65. The monoisotopic (exact) mass is 212 g/mol. The lowest BCUT2D eigenvalue weighted by Gasteiger charge is -2.09. The third kappa shape index (κ3) is 2.09. The van der Waals surface area contributed by atoms with E-state index in [0.29, 0.717) is 17.2 Å². The Bertz CT molecular complexity index is 379. The van der Waals surface area contributed by atoms with Crippen molar-refractivity contribution in [2.24, 2.45) is 0 Å². The Hall–Kier alpha value is -1.98. The third-order valence-electron chi connectivity index (χ3n) is 1.97. The zero-order chi connectivity index (χ0) is 11.4. The van der Waals surface area contributed by atoms with E-state index >= 15 is 0 Å².